The van der Waals surface area contributed by atoms with Gasteiger partial charge in [0.2, 0.25) is 11.8 Å². The van der Waals surface area contributed by atoms with Crippen molar-refractivity contribution in [2.75, 3.05) is 17.2 Å². The van der Waals surface area contributed by atoms with E-state index in [-0.39, 0.29) is 31.2 Å². The Hall–Kier alpha value is -3.04. The van der Waals surface area contributed by atoms with Crippen LogP contribution in [0.25, 0.3) is 0 Å². The number of rotatable bonds is 11. The first-order valence-electron chi connectivity index (χ1n) is 10.6. The van der Waals surface area contributed by atoms with Crippen molar-refractivity contribution in [2.24, 2.45) is 5.73 Å². The topological polar surface area (TPSA) is 103 Å². The largest absolute Gasteiger partial charge is 0.484 e. The fourth-order valence-electron chi connectivity index (χ4n) is 3.34. The van der Waals surface area contributed by atoms with Crippen LogP contribution in [0.3, 0.4) is 0 Å². The molecule has 2 amide bonds. The van der Waals surface area contributed by atoms with Crippen LogP contribution in [-0.4, -0.2) is 38.9 Å². The molecule has 1 heterocycles. The molecular formula is C23H24ClN5O3S. The summed E-state index contributed by atoms with van der Waals surface area (Å²) < 4.78 is 7.89. The van der Waals surface area contributed by atoms with E-state index in [1.165, 1.54) is 11.8 Å². The van der Waals surface area contributed by atoms with Gasteiger partial charge in [-0.2, -0.15) is 0 Å². The number of para-hydroxylation sites is 2. The molecule has 1 fully saturated rings. The van der Waals surface area contributed by atoms with Gasteiger partial charge in [0.05, 0.1) is 10.8 Å². The lowest BCUT2D eigenvalue weighted by molar-refractivity contribution is -0.118. The SMILES string of the molecule is NC(=O)CCN(C(=O)CSc1nnc(COc2ccccc2Cl)n1C1CC1)c1ccccc1. The maximum absolute atomic E-state index is 13.0. The number of carbonyl (C=O) groups is 2. The van der Waals surface area contributed by atoms with Gasteiger partial charge in [-0.15, -0.1) is 10.2 Å². The van der Waals surface area contributed by atoms with Gasteiger partial charge in [-0.25, -0.2) is 0 Å². The second kappa shape index (κ2) is 10.7. The Labute approximate surface area is 201 Å². The smallest absolute Gasteiger partial charge is 0.237 e. The van der Waals surface area contributed by atoms with Crippen molar-refractivity contribution in [3.8, 4) is 5.75 Å². The van der Waals surface area contributed by atoms with Gasteiger partial charge in [0.1, 0.15) is 12.4 Å². The zero-order valence-corrected chi connectivity index (χ0v) is 19.5. The fourth-order valence-corrected chi connectivity index (χ4v) is 4.43. The molecule has 10 heteroatoms. The first-order valence-corrected chi connectivity index (χ1v) is 12.0. The van der Waals surface area contributed by atoms with E-state index >= 15 is 0 Å². The molecule has 0 spiro atoms. The highest BCUT2D eigenvalue weighted by molar-refractivity contribution is 7.99. The van der Waals surface area contributed by atoms with E-state index < -0.39 is 5.91 Å². The molecule has 2 aromatic carbocycles. The number of primary amides is 1. The number of thioether (sulfide) groups is 1. The van der Waals surface area contributed by atoms with Crippen molar-refractivity contribution >= 4 is 40.9 Å². The zero-order valence-electron chi connectivity index (χ0n) is 17.9. The van der Waals surface area contributed by atoms with Gasteiger partial charge in [-0.3, -0.25) is 14.2 Å². The predicted molar refractivity (Wildman–Crippen MR) is 127 cm³/mol. The average molecular weight is 486 g/mol. The summed E-state index contributed by atoms with van der Waals surface area (Å²) in [6.45, 7) is 0.460. The molecule has 1 saturated carbocycles. The van der Waals surface area contributed by atoms with Gasteiger partial charge < -0.3 is 15.4 Å². The molecule has 4 rings (SSSR count). The number of hydrogen-bond acceptors (Lipinski definition) is 6. The molecule has 172 valence electrons. The van der Waals surface area contributed by atoms with Crippen LogP contribution in [0, 0.1) is 0 Å². The molecule has 1 aromatic heterocycles. The lowest BCUT2D eigenvalue weighted by Crippen LogP contribution is -2.35. The Morgan fingerprint density at radius 1 is 1.12 bits per heavy atom. The Bertz CT molecular complexity index is 1120. The second-order valence-electron chi connectivity index (χ2n) is 7.60. The van der Waals surface area contributed by atoms with Crippen LogP contribution in [0.4, 0.5) is 5.69 Å². The molecule has 0 radical (unpaired) electrons. The molecule has 0 atom stereocenters. The number of anilines is 1. The standard InChI is InChI=1S/C23H24ClN5O3S/c24-18-8-4-5-9-19(18)32-14-21-26-27-23(29(21)17-10-11-17)33-15-22(31)28(13-12-20(25)30)16-6-2-1-3-7-16/h1-9,17H,10-15H2,(H2,25,30). The van der Waals surface area contributed by atoms with Gasteiger partial charge in [0.25, 0.3) is 0 Å². The second-order valence-corrected chi connectivity index (χ2v) is 8.95. The average Bonchev–Trinajstić information content (AvgIpc) is 3.57. The maximum Gasteiger partial charge on any atom is 0.237 e. The Balaban J connectivity index is 1.44. The van der Waals surface area contributed by atoms with Crippen molar-refractivity contribution < 1.29 is 14.3 Å². The number of halogens is 1. The number of nitrogens with two attached hydrogens (primary N) is 1. The van der Waals surface area contributed by atoms with E-state index in [9.17, 15) is 9.59 Å². The fraction of sp³-hybridized carbons (Fsp3) is 0.304. The van der Waals surface area contributed by atoms with E-state index in [1.807, 2.05) is 47.0 Å². The molecule has 0 unspecified atom stereocenters. The summed E-state index contributed by atoms with van der Waals surface area (Å²) in [5.74, 6) is 0.853. The highest BCUT2D eigenvalue weighted by Gasteiger charge is 2.30. The van der Waals surface area contributed by atoms with Crippen LogP contribution in [0.5, 0.6) is 5.75 Å². The van der Waals surface area contributed by atoms with Crippen molar-refractivity contribution in [1.82, 2.24) is 14.8 Å². The number of ether oxygens (including phenoxy) is 1. The molecule has 0 bridgehead atoms. The minimum absolute atomic E-state index is 0.0904. The molecule has 2 N–H and O–H groups in total. The first kappa shape index (κ1) is 23.1. The number of nitrogens with zero attached hydrogens (tertiary/aromatic N) is 4. The van der Waals surface area contributed by atoms with E-state index in [2.05, 4.69) is 10.2 Å². The van der Waals surface area contributed by atoms with Crippen LogP contribution < -0.4 is 15.4 Å². The quantitative estimate of drug-likeness (QED) is 0.414. The summed E-state index contributed by atoms with van der Waals surface area (Å²) in [6.07, 6.45) is 2.16. The lowest BCUT2D eigenvalue weighted by atomic mass is 10.2. The summed E-state index contributed by atoms with van der Waals surface area (Å²) in [6, 6.07) is 16.8. The van der Waals surface area contributed by atoms with E-state index in [0.717, 1.165) is 18.5 Å². The Morgan fingerprint density at radius 2 is 1.85 bits per heavy atom. The maximum atomic E-state index is 13.0. The monoisotopic (exact) mass is 485 g/mol. The minimum atomic E-state index is -0.451. The third kappa shape index (κ3) is 6.06. The Morgan fingerprint density at radius 3 is 2.55 bits per heavy atom. The predicted octanol–water partition coefficient (Wildman–Crippen LogP) is 3.85. The zero-order chi connectivity index (χ0) is 23.2. The van der Waals surface area contributed by atoms with Crippen LogP contribution in [0.2, 0.25) is 5.02 Å². The highest BCUT2D eigenvalue weighted by atomic mass is 35.5. The number of hydrogen-bond donors (Lipinski definition) is 1. The molecule has 33 heavy (non-hydrogen) atoms. The molecule has 0 aliphatic heterocycles. The summed E-state index contributed by atoms with van der Waals surface area (Å²) in [5, 5.41) is 9.82. The minimum Gasteiger partial charge on any atom is -0.484 e. The highest BCUT2D eigenvalue weighted by Crippen LogP contribution is 2.39. The third-order valence-electron chi connectivity index (χ3n) is 5.12. The van der Waals surface area contributed by atoms with Gasteiger partial charge >= 0.3 is 0 Å². The lowest BCUT2D eigenvalue weighted by Gasteiger charge is -2.22. The molecule has 3 aromatic rings. The van der Waals surface area contributed by atoms with Gasteiger partial charge in [-0.05, 0) is 37.1 Å². The van der Waals surface area contributed by atoms with E-state index in [0.29, 0.717) is 27.8 Å². The van der Waals surface area contributed by atoms with Crippen LogP contribution in [-0.2, 0) is 16.2 Å². The van der Waals surface area contributed by atoms with Crippen molar-refractivity contribution in [2.45, 2.75) is 37.1 Å². The van der Waals surface area contributed by atoms with Gasteiger partial charge in [0.15, 0.2) is 11.0 Å². The summed E-state index contributed by atoms with van der Waals surface area (Å²) >= 11 is 7.50. The molecule has 1 aliphatic rings. The number of aromatic nitrogens is 3. The molecule has 8 nitrogen and oxygen atoms in total. The van der Waals surface area contributed by atoms with Crippen LogP contribution in [0.15, 0.2) is 59.8 Å². The van der Waals surface area contributed by atoms with Gasteiger partial charge in [-0.1, -0.05) is 53.7 Å². The van der Waals surface area contributed by atoms with Crippen LogP contribution in [0.1, 0.15) is 31.1 Å². The van der Waals surface area contributed by atoms with Crippen molar-refractivity contribution in [3.05, 3.63) is 65.4 Å². The van der Waals surface area contributed by atoms with Gasteiger partial charge in [0, 0.05) is 24.7 Å². The third-order valence-corrected chi connectivity index (χ3v) is 6.36. The van der Waals surface area contributed by atoms with Crippen molar-refractivity contribution in [3.63, 3.8) is 0 Å². The number of benzene rings is 2. The van der Waals surface area contributed by atoms with Crippen molar-refractivity contribution in [1.29, 1.82) is 0 Å². The number of amides is 2. The summed E-state index contributed by atoms with van der Waals surface area (Å²) in [7, 11) is 0. The first-order chi connectivity index (χ1) is 16.0. The number of carbonyl (C=O) groups excluding carboxylic acids is 2. The molecular weight excluding hydrogens is 462 g/mol. The Kier molecular flexibility index (Phi) is 7.51. The molecule has 0 saturated heterocycles. The summed E-state index contributed by atoms with van der Waals surface area (Å²) in [4.78, 5) is 25.9. The molecule has 1 aliphatic carbocycles. The van der Waals surface area contributed by atoms with Crippen LogP contribution >= 0.6 is 23.4 Å². The normalized spacial score (nSPS) is 13.0. The van der Waals surface area contributed by atoms with E-state index in [4.69, 9.17) is 22.1 Å². The van der Waals surface area contributed by atoms with E-state index in [1.54, 1.807) is 17.0 Å². The summed E-state index contributed by atoms with van der Waals surface area (Å²) in [5.41, 5.74) is 6.03.